The minimum absolute atomic E-state index is 0.216. The van der Waals surface area contributed by atoms with E-state index < -0.39 is 0 Å². The number of carbonyl (C=O) groups is 1. The van der Waals surface area contributed by atoms with Crippen LogP contribution in [-0.4, -0.2) is 23.5 Å². The summed E-state index contributed by atoms with van der Waals surface area (Å²) in [5.74, 6) is 0.873. The molecule has 0 bridgehead atoms. The van der Waals surface area contributed by atoms with Gasteiger partial charge in [-0.1, -0.05) is 25.7 Å². The lowest BCUT2D eigenvalue weighted by molar-refractivity contribution is -0.118. The van der Waals surface area contributed by atoms with Crippen LogP contribution in [-0.2, 0) is 10.2 Å². The molecule has 4 heteroatoms. The third-order valence-electron chi connectivity index (χ3n) is 5.07. The number of thioether (sulfide) groups is 1. The van der Waals surface area contributed by atoms with Gasteiger partial charge >= 0.3 is 0 Å². The van der Waals surface area contributed by atoms with Crippen molar-refractivity contribution in [3.63, 3.8) is 0 Å². The lowest BCUT2D eigenvalue weighted by Gasteiger charge is -2.28. The molecule has 2 saturated carbocycles. The van der Waals surface area contributed by atoms with Gasteiger partial charge in [0, 0.05) is 17.2 Å². The number of nitrogens with one attached hydrogen (secondary N) is 1. The lowest BCUT2D eigenvalue weighted by atomic mass is 9.80. The average molecular weight is 324 g/mol. The molecular formula is C17H25NOS2. The molecule has 0 aromatic carbocycles. The second kappa shape index (κ2) is 7.19. The van der Waals surface area contributed by atoms with Gasteiger partial charge < -0.3 is 5.32 Å². The number of thiophene rings is 1. The third kappa shape index (κ3) is 3.84. The summed E-state index contributed by atoms with van der Waals surface area (Å²) in [5, 5.41) is 8.38. The van der Waals surface area contributed by atoms with Gasteiger partial charge in [-0.25, -0.2) is 0 Å². The summed E-state index contributed by atoms with van der Waals surface area (Å²) in [6, 6.07) is 2.25. The number of amides is 1. The van der Waals surface area contributed by atoms with Gasteiger partial charge in [0.1, 0.15) is 0 Å². The molecule has 21 heavy (non-hydrogen) atoms. The first-order chi connectivity index (χ1) is 10.3. The smallest absolute Gasteiger partial charge is 0.230 e. The van der Waals surface area contributed by atoms with E-state index in [-0.39, 0.29) is 11.3 Å². The number of hydrogen-bond donors (Lipinski definition) is 1. The van der Waals surface area contributed by atoms with Crippen molar-refractivity contribution in [2.24, 2.45) is 0 Å². The molecule has 1 aromatic heterocycles. The van der Waals surface area contributed by atoms with Crippen molar-refractivity contribution in [2.45, 2.75) is 62.0 Å². The molecule has 2 fully saturated rings. The highest BCUT2D eigenvalue weighted by Crippen LogP contribution is 2.41. The molecule has 2 nitrogen and oxygen atoms in total. The first-order valence-electron chi connectivity index (χ1n) is 8.19. The van der Waals surface area contributed by atoms with Crippen molar-refractivity contribution in [1.82, 2.24) is 5.32 Å². The summed E-state index contributed by atoms with van der Waals surface area (Å²) in [7, 11) is 0. The van der Waals surface area contributed by atoms with Crippen molar-refractivity contribution < 1.29 is 4.79 Å². The Bertz CT molecular complexity index is 445. The van der Waals surface area contributed by atoms with Crippen LogP contribution in [0.3, 0.4) is 0 Å². The van der Waals surface area contributed by atoms with Gasteiger partial charge in [0.25, 0.3) is 0 Å². The molecule has 1 heterocycles. The van der Waals surface area contributed by atoms with Crippen LogP contribution in [0.15, 0.2) is 16.8 Å². The zero-order valence-electron chi connectivity index (χ0n) is 12.6. The average Bonchev–Trinajstić information content (AvgIpc) is 3.25. The zero-order valence-corrected chi connectivity index (χ0v) is 14.2. The van der Waals surface area contributed by atoms with Crippen LogP contribution < -0.4 is 5.32 Å². The normalized spacial score (nSPS) is 21.7. The summed E-state index contributed by atoms with van der Waals surface area (Å²) >= 11 is 3.63. The van der Waals surface area contributed by atoms with Crippen LogP contribution in [0, 0.1) is 0 Å². The van der Waals surface area contributed by atoms with Crippen LogP contribution >= 0.6 is 23.1 Å². The van der Waals surface area contributed by atoms with E-state index in [2.05, 4.69) is 22.1 Å². The molecule has 116 valence electrons. The van der Waals surface area contributed by atoms with Crippen LogP contribution in [0.25, 0.3) is 0 Å². The molecule has 0 spiro atoms. The highest BCUT2D eigenvalue weighted by atomic mass is 32.2. The van der Waals surface area contributed by atoms with Crippen LogP contribution in [0.5, 0.6) is 0 Å². The summed E-state index contributed by atoms with van der Waals surface area (Å²) in [6.45, 7) is 0.827. The predicted octanol–water partition coefficient (Wildman–Crippen LogP) is 4.35. The fourth-order valence-corrected chi connectivity index (χ4v) is 5.69. The van der Waals surface area contributed by atoms with E-state index in [1.807, 2.05) is 11.8 Å². The minimum Gasteiger partial charge on any atom is -0.354 e. The van der Waals surface area contributed by atoms with Gasteiger partial charge in [0.05, 0.1) is 5.75 Å². The Kier molecular flexibility index (Phi) is 5.28. The van der Waals surface area contributed by atoms with Crippen molar-refractivity contribution >= 4 is 29.0 Å². The fraction of sp³-hybridized carbons (Fsp3) is 0.706. The molecule has 1 N–H and O–H groups in total. The maximum Gasteiger partial charge on any atom is 0.230 e. The Morgan fingerprint density at radius 1 is 1.29 bits per heavy atom. The van der Waals surface area contributed by atoms with Crippen molar-refractivity contribution in [3.05, 3.63) is 22.4 Å². The molecule has 1 amide bonds. The van der Waals surface area contributed by atoms with Gasteiger partial charge in [0.2, 0.25) is 5.91 Å². The van der Waals surface area contributed by atoms with E-state index in [1.54, 1.807) is 11.3 Å². The van der Waals surface area contributed by atoms with Gasteiger partial charge in [-0.15, -0.1) is 11.8 Å². The van der Waals surface area contributed by atoms with Gasteiger partial charge in [-0.05, 0) is 48.1 Å². The van der Waals surface area contributed by atoms with E-state index in [0.717, 1.165) is 11.8 Å². The van der Waals surface area contributed by atoms with Crippen molar-refractivity contribution in [1.29, 1.82) is 0 Å². The lowest BCUT2D eigenvalue weighted by Crippen LogP contribution is -2.39. The molecule has 2 aliphatic carbocycles. The van der Waals surface area contributed by atoms with Gasteiger partial charge in [0.15, 0.2) is 0 Å². The van der Waals surface area contributed by atoms with E-state index in [0.29, 0.717) is 5.75 Å². The Morgan fingerprint density at radius 2 is 2.05 bits per heavy atom. The van der Waals surface area contributed by atoms with Gasteiger partial charge in [-0.3, -0.25) is 4.79 Å². The maximum absolute atomic E-state index is 12.1. The molecule has 0 radical (unpaired) electrons. The molecular weight excluding hydrogens is 298 g/mol. The SMILES string of the molecule is O=C(CSC1CCCC1)NCC1(c2ccsc2)CCCC1. The first-order valence-corrected chi connectivity index (χ1v) is 10.2. The van der Waals surface area contributed by atoms with Gasteiger partial charge in [-0.2, -0.15) is 11.3 Å². The van der Waals surface area contributed by atoms with E-state index >= 15 is 0 Å². The minimum atomic E-state index is 0.216. The summed E-state index contributed by atoms with van der Waals surface area (Å²) in [5.41, 5.74) is 1.65. The maximum atomic E-state index is 12.1. The van der Waals surface area contributed by atoms with Crippen LogP contribution in [0.1, 0.15) is 56.9 Å². The number of carbonyl (C=O) groups excluding carboxylic acids is 1. The van der Waals surface area contributed by atoms with Crippen molar-refractivity contribution in [3.8, 4) is 0 Å². The van der Waals surface area contributed by atoms with Crippen LogP contribution in [0.2, 0.25) is 0 Å². The first kappa shape index (κ1) is 15.4. The van der Waals surface area contributed by atoms with E-state index in [1.165, 1.54) is 56.9 Å². The highest BCUT2D eigenvalue weighted by molar-refractivity contribution is 8.00. The Hall–Kier alpha value is -0.480. The molecule has 0 saturated heterocycles. The second-order valence-corrected chi connectivity index (χ2v) is 8.56. The standard InChI is InChI=1S/C17H25NOS2/c19-16(12-21-15-5-1-2-6-15)18-13-17(8-3-4-9-17)14-7-10-20-11-14/h7,10-11,15H,1-6,8-9,12-13H2,(H,18,19). The molecule has 0 aliphatic heterocycles. The largest absolute Gasteiger partial charge is 0.354 e. The molecule has 1 aromatic rings. The highest BCUT2D eigenvalue weighted by Gasteiger charge is 2.36. The van der Waals surface area contributed by atoms with Crippen molar-refractivity contribution in [2.75, 3.05) is 12.3 Å². The number of rotatable bonds is 6. The van der Waals surface area contributed by atoms with E-state index in [9.17, 15) is 4.79 Å². The molecule has 0 unspecified atom stereocenters. The summed E-state index contributed by atoms with van der Waals surface area (Å²) in [6.07, 6.45) is 10.3. The quantitative estimate of drug-likeness (QED) is 0.843. The Labute approximate surface area is 136 Å². The van der Waals surface area contributed by atoms with Crippen LogP contribution in [0.4, 0.5) is 0 Å². The third-order valence-corrected chi connectivity index (χ3v) is 7.13. The zero-order chi connectivity index (χ0) is 14.5. The summed E-state index contributed by atoms with van der Waals surface area (Å²) in [4.78, 5) is 12.1. The second-order valence-electron chi connectivity index (χ2n) is 6.49. The molecule has 0 atom stereocenters. The van der Waals surface area contributed by atoms with E-state index in [4.69, 9.17) is 0 Å². The fourth-order valence-electron chi connectivity index (χ4n) is 3.75. The monoisotopic (exact) mass is 323 g/mol. The number of hydrogen-bond acceptors (Lipinski definition) is 3. The summed E-state index contributed by atoms with van der Waals surface area (Å²) < 4.78 is 0. The Morgan fingerprint density at radius 3 is 2.71 bits per heavy atom. The topological polar surface area (TPSA) is 29.1 Å². The molecule has 3 rings (SSSR count). The Balaban J connectivity index is 1.49. The molecule has 2 aliphatic rings. The predicted molar refractivity (Wildman–Crippen MR) is 92.2 cm³/mol.